The molecule has 1 amide bonds. The zero-order chi connectivity index (χ0) is 15.1. The Balaban J connectivity index is 1.83. The van der Waals surface area contributed by atoms with E-state index in [4.69, 9.17) is 9.47 Å². The summed E-state index contributed by atoms with van der Waals surface area (Å²) in [7, 11) is 1.60. The summed E-state index contributed by atoms with van der Waals surface area (Å²) in [6.45, 7) is -0.0232. The second-order valence-corrected chi connectivity index (χ2v) is 5.12. The molecule has 0 atom stereocenters. The van der Waals surface area contributed by atoms with Crippen molar-refractivity contribution in [2.24, 2.45) is 0 Å². The summed E-state index contributed by atoms with van der Waals surface area (Å²) in [5.74, 6) is 1.23. The van der Waals surface area contributed by atoms with Gasteiger partial charge in [0.1, 0.15) is 11.5 Å². The second kappa shape index (κ2) is 7.59. The summed E-state index contributed by atoms with van der Waals surface area (Å²) in [6.07, 6.45) is 2.01. The average Bonchev–Trinajstić information content (AvgIpc) is 2.54. The van der Waals surface area contributed by atoms with E-state index in [0.717, 1.165) is 10.6 Å². The van der Waals surface area contributed by atoms with Crippen LogP contribution in [0, 0.1) is 0 Å². The number of amides is 1. The minimum absolute atomic E-state index is 0.0232. The number of hydrogen-bond acceptors (Lipinski definition) is 4. The lowest BCUT2D eigenvalue weighted by molar-refractivity contribution is -0.118. The quantitative estimate of drug-likeness (QED) is 0.831. The van der Waals surface area contributed by atoms with Gasteiger partial charge in [-0.25, -0.2) is 0 Å². The number of rotatable bonds is 6. The van der Waals surface area contributed by atoms with Gasteiger partial charge in [0.15, 0.2) is 6.61 Å². The number of ether oxygens (including phenoxy) is 2. The lowest BCUT2D eigenvalue weighted by Gasteiger charge is -2.08. The van der Waals surface area contributed by atoms with Crippen LogP contribution in [0.5, 0.6) is 11.5 Å². The van der Waals surface area contributed by atoms with Gasteiger partial charge in [0.2, 0.25) is 0 Å². The maximum Gasteiger partial charge on any atom is 0.262 e. The zero-order valence-electron chi connectivity index (χ0n) is 12.0. The lowest BCUT2D eigenvalue weighted by Crippen LogP contribution is -2.20. The number of carbonyl (C=O) groups is 1. The highest BCUT2D eigenvalue weighted by molar-refractivity contribution is 7.98. The molecule has 0 bridgehead atoms. The van der Waals surface area contributed by atoms with Crippen LogP contribution >= 0.6 is 11.8 Å². The molecule has 0 saturated carbocycles. The van der Waals surface area contributed by atoms with Crippen LogP contribution < -0.4 is 14.8 Å². The Morgan fingerprint density at radius 2 is 1.67 bits per heavy atom. The molecule has 0 aliphatic heterocycles. The Morgan fingerprint density at radius 1 is 1.05 bits per heavy atom. The smallest absolute Gasteiger partial charge is 0.262 e. The van der Waals surface area contributed by atoms with E-state index in [1.165, 1.54) is 0 Å². The van der Waals surface area contributed by atoms with Crippen LogP contribution in [0.3, 0.4) is 0 Å². The fraction of sp³-hybridized carbons (Fsp3) is 0.188. The van der Waals surface area contributed by atoms with Crippen LogP contribution in [0.25, 0.3) is 0 Å². The molecule has 0 heterocycles. The Morgan fingerprint density at radius 3 is 2.24 bits per heavy atom. The third-order valence-electron chi connectivity index (χ3n) is 2.80. The van der Waals surface area contributed by atoms with Gasteiger partial charge in [-0.1, -0.05) is 0 Å². The number of benzene rings is 2. The van der Waals surface area contributed by atoms with Gasteiger partial charge in [0, 0.05) is 10.6 Å². The van der Waals surface area contributed by atoms with Gasteiger partial charge in [-0.3, -0.25) is 4.79 Å². The number of carbonyl (C=O) groups excluding carboxylic acids is 1. The minimum atomic E-state index is -0.200. The van der Waals surface area contributed by atoms with Crippen LogP contribution in [0.1, 0.15) is 0 Å². The molecule has 2 aromatic carbocycles. The monoisotopic (exact) mass is 303 g/mol. The second-order valence-electron chi connectivity index (χ2n) is 4.24. The molecule has 0 saturated heterocycles. The van der Waals surface area contributed by atoms with Crippen LogP contribution in [-0.2, 0) is 4.79 Å². The molecule has 0 radical (unpaired) electrons. The highest BCUT2D eigenvalue weighted by atomic mass is 32.2. The molecule has 2 rings (SSSR count). The summed E-state index contributed by atoms with van der Waals surface area (Å²) in [5, 5.41) is 2.76. The van der Waals surface area contributed by atoms with Crippen molar-refractivity contribution in [2.75, 3.05) is 25.3 Å². The third-order valence-corrected chi connectivity index (χ3v) is 3.55. The molecule has 2 aromatic rings. The molecule has 0 unspecified atom stereocenters. The standard InChI is InChI=1S/C16H17NO3S/c1-19-13-5-3-12(4-6-13)17-16(18)11-20-14-7-9-15(21-2)10-8-14/h3-10H,11H2,1-2H3,(H,17,18). The molecule has 0 aliphatic rings. The number of nitrogens with one attached hydrogen (secondary N) is 1. The van der Waals surface area contributed by atoms with Crippen molar-refractivity contribution in [3.8, 4) is 11.5 Å². The topological polar surface area (TPSA) is 47.6 Å². The van der Waals surface area contributed by atoms with Crippen molar-refractivity contribution >= 4 is 23.4 Å². The minimum Gasteiger partial charge on any atom is -0.497 e. The van der Waals surface area contributed by atoms with Crippen LogP contribution in [0.2, 0.25) is 0 Å². The molecule has 21 heavy (non-hydrogen) atoms. The molecule has 4 nitrogen and oxygen atoms in total. The van der Waals surface area contributed by atoms with E-state index in [2.05, 4.69) is 5.32 Å². The van der Waals surface area contributed by atoms with Gasteiger partial charge in [-0.2, -0.15) is 0 Å². The van der Waals surface area contributed by atoms with E-state index in [9.17, 15) is 4.79 Å². The summed E-state index contributed by atoms with van der Waals surface area (Å²) < 4.78 is 10.5. The van der Waals surface area contributed by atoms with E-state index < -0.39 is 0 Å². The Hall–Kier alpha value is -2.14. The van der Waals surface area contributed by atoms with E-state index in [1.54, 1.807) is 43.1 Å². The predicted molar refractivity (Wildman–Crippen MR) is 85.3 cm³/mol. The number of methoxy groups -OCH3 is 1. The van der Waals surface area contributed by atoms with Gasteiger partial charge in [0.05, 0.1) is 7.11 Å². The van der Waals surface area contributed by atoms with Gasteiger partial charge in [0.25, 0.3) is 5.91 Å². The Bertz CT molecular complexity index is 581. The van der Waals surface area contributed by atoms with E-state index in [-0.39, 0.29) is 12.5 Å². The molecule has 0 spiro atoms. The highest BCUT2D eigenvalue weighted by Crippen LogP contribution is 2.19. The average molecular weight is 303 g/mol. The fourth-order valence-electron chi connectivity index (χ4n) is 1.69. The van der Waals surface area contributed by atoms with Crippen molar-refractivity contribution in [2.45, 2.75) is 4.90 Å². The molecule has 110 valence electrons. The first-order valence-corrected chi connectivity index (χ1v) is 7.64. The van der Waals surface area contributed by atoms with E-state index in [1.807, 2.05) is 30.5 Å². The maximum absolute atomic E-state index is 11.8. The van der Waals surface area contributed by atoms with Gasteiger partial charge in [-0.15, -0.1) is 11.8 Å². The van der Waals surface area contributed by atoms with Gasteiger partial charge < -0.3 is 14.8 Å². The Kier molecular flexibility index (Phi) is 5.51. The summed E-state index contributed by atoms with van der Waals surface area (Å²) in [5.41, 5.74) is 0.710. The molecule has 0 aliphatic carbocycles. The lowest BCUT2D eigenvalue weighted by atomic mass is 10.3. The summed E-state index contributed by atoms with van der Waals surface area (Å²) in [4.78, 5) is 12.9. The first-order valence-electron chi connectivity index (χ1n) is 6.42. The SMILES string of the molecule is COc1ccc(NC(=O)COc2ccc(SC)cc2)cc1. The summed E-state index contributed by atoms with van der Waals surface area (Å²) in [6, 6.07) is 14.8. The predicted octanol–water partition coefficient (Wildman–Crippen LogP) is 3.43. The van der Waals surface area contributed by atoms with E-state index >= 15 is 0 Å². The van der Waals surface area contributed by atoms with Crippen LogP contribution in [0.4, 0.5) is 5.69 Å². The third kappa shape index (κ3) is 4.72. The van der Waals surface area contributed by atoms with Crippen molar-refractivity contribution in [1.29, 1.82) is 0 Å². The molecule has 5 heteroatoms. The van der Waals surface area contributed by atoms with Crippen molar-refractivity contribution in [3.05, 3.63) is 48.5 Å². The number of thioether (sulfide) groups is 1. The number of hydrogen-bond donors (Lipinski definition) is 1. The normalized spacial score (nSPS) is 10.0. The Labute approximate surface area is 128 Å². The molecular formula is C16H17NO3S. The molecule has 1 N–H and O–H groups in total. The van der Waals surface area contributed by atoms with Crippen molar-refractivity contribution < 1.29 is 14.3 Å². The molecule has 0 fully saturated rings. The van der Waals surface area contributed by atoms with Crippen LogP contribution in [-0.4, -0.2) is 25.9 Å². The van der Waals surface area contributed by atoms with Crippen molar-refractivity contribution in [3.63, 3.8) is 0 Å². The van der Waals surface area contributed by atoms with Crippen LogP contribution in [0.15, 0.2) is 53.4 Å². The first kappa shape index (κ1) is 15.3. The molecular weight excluding hydrogens is 286 g/mol. The highest BCUT2D eigenvalue weighted by Gasteiger charge is 2.04. The van der Waals surface area contributed by atoms with E-state index in [0.29, 0.717) is 11.4 Å². The van der Waals surface area contributed by atoms with Gasteiger partial charge >= 0.3 is 0 Å². The summed E-state index contributed by atoms with van der Waals surface area (Å²) >= 11 is 1.66. The molecule has 0 aromatic heterocycles. The van der Waals surface area contributed by atoms with Gasteiger partial charge in [-0.05, 0) is 54.8 Å². The zero-order valence-corrected chi connectivity index (χ0v) is 12.8. The fourth-order valence-corrected chi connectivity index (χ4v) is 2.10. The number of anilines is 1. The maximum atomic E-state index is 11.8. The largest absolute Gasteiger partial charge is 0.497 e. The van der Waals surface area contributed by atoms with Crippen molar-refractivity contribution in [1.82, 2.24) is 0 Å². The first-order chi connectivity index (χ1) is 10.2.